The fraction of sp³-hybridized carbons (Fsp3) is 0. The van der Waals surface area contributed by atoms with Gasteiger partial charge in [0.1, 0.15) is 0 Å². The van der Waals surface area contributed by atoms with Crippen LogP contribution in [0.15, 0.2) is 121 Å². The highest BCUT2D eigenvalue weighted by Gasteiger charge is 1.92. The number of rotatable bonds is 2. The van der Waals surface area contributed by atoms with Crippen molar-refractivity contribution in [2.75, 3.05) is 0 Å². The van der Waals surface area contributed by atoms with E-state index in [-0.39, 0.29) is 0 Å². The summed E-state index contributed by atoms with van der Waals surface area (Å²) in [4.78, 5) is 35.7. The van der Waals surface area contributed by atoms with E-state index in [4.69, 9.17) is 39.6 Å². The van der Waals surface area contributed by atoms with E-state index in [0.717, 1.165) is 0 Å². The molecule has 0 N–H and O–H groups in total. The lowest BCUT2D eigenvalue weighted by Gasteiger charge is -1.98. The molecule has 36 heavy (non-hydrogen) atoms. The van der Waals surface area contributed by atoms with E-state index in [1.807, 2.05) is 24.3 Å². The molecule has 0 saturated carbocycles. The molecule has 0 aliphatic carbocycles. The molecule has 0 aliphatic rings. The smallest absolute Gasteiger partial charge is 0.0870 e. The van der Waals surface area contributed by atoms with E-state index in [2.05, 4.69) is 97.1 Å². The zero-order chi connectivity index (χ0) is 26.8. The Hall–Kier alpha value is -5.24. The Morgan fingerprint density at radius 2 is 0.444 bits per heavy atom. The number of aliphatic carboxylic acids is 4. The van der Waals surface area contributed by atoms with Gasteiger partial charge < -0.3 is 39.6 Å². The van der Waals surface area contributed by atoms with Crippen LogP contribution in [0.25, 0.3) is 22.3 Å². The van der Waals surface area contributed by atoms with E-state index in [0.29, 0.717) is 0 Å². The normalized spacial score (nSPS) is 8.89. The lowest BCUT2D eigenvalue weighted by atomic mass is 10.1. The number of hydrogen-bond acceptors (Lipinski definition) is 8. The van der Waals surface area contributed by atoms with Crippen molar-refractivity contribution in [3.8, 4) is 22.3 Å². The Bertz CT molecular complexity index is 1010. The van der Waals surface area contributed by atoms with Gasteiger partial charge in [0.15, 0.2) is 0 Å². The predicted molar refractivity (Wildman–Crippen MR) is 124 cm³/mol. The van der Waals surface area contributed by atoms with E-state index in [1.165, 1.54) is 22.3 Å². The minimum Gasteiger partial charge on any atom is -0.543 e. The summed E-state index contributed by atoms with van der Waals surface area (Å²) in [6, 6.07) is 41.6. The highest BCUT2D eigenvalue weighted by Crippen LogP contribution is 2.18. The summed E-state index contributed by atoms with van der Waals surface area (Å²) in [6.45, 7) is 0. The summed E-state index contributed by atoms with van der Waals surface area (Å²) >= 11 is 0. The molecule has 0 bridgehead atoms. The zero-order valence-electron chi connectivity index (χ0n) is 18.8. The van der Waals surface area contributed by atoms with Gasteiger partial charge in [-0.3, -0.25) is 0 Å². The number of carbonyl (C=O) groups excluding carboxylic acids is 4. The minimum absolute atomic E-state index is 1.28. The summed E-state index contributed by atoms with van der Waals surface area (Å²) < 4.78 is 0. The molecule has 0 radical (unpaired) electrons. The molecule has 0 atom stereocenters. The van der Waals surface area contributed by atoms with Crippen molar-refractivity contribution < 1.29 is 39.6 Å². The van der Waals surface area contributed by atoms with Crippen molar-refractivity contribution in [1.29, 1.82) is 0 Å². The molecule has 4 aromatic carbocycles. The van der Waals surface area contributed by atoms with E-state index >= 15 is 0 Å². The second-order valence-electron chi connectivity index (χ2n) is 6.61. The van der Waals surface area contributed by atoms with Crippen molar-refractivity contribution in [1.82, 2.24) is 0 Å². The van der Waals surface area contributed by atoms with Gasteiger partial charge in [-0.05, 0) is 22.3 Å². The van der Waals surface area contributed by atoms with Gasteiger partial charge in [0.25, 0.3) is 0 Å². The van der Waals surface area contributed by atoms with Crippen LogP contribution in [0.5, 0.6) is 0 Å². The first-order valence-electron chi connectivity index (χ1n) is 10.3. The third-order valence-electron chi connectivity index (χ3n) is 4.10. The van der Waals surface area contributed by atoms with E-state index in [1.54, 1.807) is 0 Å². The summed E-state index contributed by atoms with van der Waals surface area (Å²) in [5.74, 6) is -8.74. The Labute approximate surface area is 207 Å². The van der Waals surface area contributed by atoms with Crippen molar-refractivity contribution in [3.63, 3.8) is 0 Å². The molecule has 184 valence electrons. The monoisotopic (exact) mass is 484 g/mol. The van der Waals surface area contributed by atoms with Crippen LogP contribution in [0.4, 0.5) is 0 Å². The van der Waals surface area contributed by atoms with Crippen LogP contribution >= 0.6 is 0 Å². The van der Waals surface area contributed by atoms with Crippen LogP contribution in [0.1, 0.15) is 0 Å². The molecule has 8 nitrogen and oxygen atoms in total. The maximum Gasteiger partial charge on any atom is 0.0870 e. The lowest BCUT2D eigenvalue weighted by molar-refractivity contribution is -0.345. The summed E-state index contributed by atoms with van der Waals surface area (Å²) in [5, 5.41) is 35.7. The second kappa shape index (κ2) is 16.4. The maximum atomic E-state index is 8.93. The fourth-order valence-corrected chi connectivity index (χ4v) is 2.52. The van der Waals surface area contributed by atoms with Gasteiger partial charge in [-0.1, -0.05) is 121 Å². The highest BCUT2D eigenvalue weighted by atomic mass is 16.4. The number of benzene rings is 4. The molecular weight excluding hydrogens is 464 g/mol. The number of carboxylic acids is 4. The maximum absolute atomic E-state index is 8.93. The molecule has 0 heterocycles. The highest BCUT2D eigenvalue weighted by molar-refractivity contribution is 6.25. The van der Waals surface area contributed by atoms with Crippen molar-refractivity contribution in [2.24, 2.45) is 0 Å². The number of hydrogen-bond donors (Lipinski definition) is 0. The fourth-order valence-electron chi connectivity index (χ4n) is 2.52. The predicted octanol–water partition coefficient (Wildman–Crippen LogP) is -0.320. The average Bonchev–Trinajstić information content (AvgIpc) is 2.92. The zero-order valence-corrected chi connectivity index (χ0v) is 18.8. The van der Waals surface area contributed by atoms with Crippen molar-refractivity contribution in [3.05, 3.63) is 121 Å². The molecule has 0 unspecified atom stereocenters. The Balaban J connectivity index is 0.000000255. The largest absolute Gasteiger partial charge is 0.543 e. The van der Waals surface area contributed by atoms with Crippen molar-refractivity contribution >= 4 is 23.9 Å². The van der Waals surface area contributed by atoms with Crippen LogP contribution < -0.4 is 20.4 Å². The summed E-state index contributed by atoms with van der Waals surface area (Å²) in [5.41, 5.74) is 5.10. The van der Waals surface area contributed by atoms with Crippen molar-refractivity contribution in [2.45, 2.75) is 0 Å². The van der Waals surface area contributed by atoms with Gasteiger partial charge in [0.2, 0.25) is 0 Å². The molecule has 0 saturated heterocycles. The van der Waals surface area contributed by atoms with Gasteiger partial charge in [-0.2, -0.15) is 0 Å². The minimum atomic E-state index is -2.19. The first kappa shape index (κ1) is 28.8. The molecule has 0 aliphatic heterocycles. The Morgan fingerprint density at radius 3 is 0.556 bits per heavy atom. The van der Waals surface area contributed by atoms with E-state index in [9.17, 15) is 0 Å². The van der Waals surface area contributed by atoms with Crippen LogP contribution in [0.2, 0.25) is 0 Å². The van der Waals surface area contributed by atoms with E-state index < -0.39 is 23.9 Å². The Kier molecular flexibility index (Phi) is 13.1. The molecule has 4 aromatic rings. The standard InChI is InChI=1S/2C12H10.2C2H2O4/c2*1-3-7-11(8-4-1)12-9-5-2-6-10-12;2*3-1(4)2(5)6/h2*1-10H;2*(H,3,4)(H,5,6)/p-4. The summed E-state index contributed by atoms with van der Waals surface area (Å²) in [7, 11) is 0. The van der Waals surface area contributed by atoms with Gasteiger partial charge >= 0.3 is 0 Å². The molecule has 8 heteroatoms. The third-order valence-corrected chi connectivity index (χ3v) is 4.10. The van der Waals surface area contributed by atoms with Gasteiger partial charge in [0, 0.05) is 0 Å². The summed E-state index contributed by atoms with van der Waals surface area (Å²) in [6.07, 6.45) is 0. The van der Waals surface area contributed by atoms with Crippen LogP contribution in [-0.4, -0.2) is 23.9 Å². The van der Waals surface area contributed by atoms with Crippen LogP contribution in [0.3, 0.4) is 0 Å². The topological polar surface area (TPSA) is 161 Å². The Morgan fingerprint density at radius 1 is 0.306 bits per heavy atom. The van der Waals surface area contributed by atoms with Crippen LogP contribution in [-0.2, 0) is 19.2 Å². The van der Waals surface area contributed by atoms with Gasteiger partial charge in [-0.25, -0.2) is 0 Å². The lowest BCUT2D eigenvalue weighted by Crippen LogP contribution is -2.42. The third kappa shape index (κ3) is 12.1. The first-order chi connectivity index (χ1) is 17.2. The molecule has 0 spiro atoms. The molecule has 4 rings (SSSR count). The second-order valence-corrected chi connectivity index (χ2v) is 6.61. The molecular formula is C28H20O8-4. The SMILES string of the molecule is O=C([O-])C(=O)[O-].O=C([O-])C(=O)[O-].c1ccc(-c2ccccc2)cc1.c1ccc(-c2ccccc2)cc1. The number of carboxylic acid groups (broad SMARTS) is 4. The molecule has 0 fully saturated rings. The molecule has 0 amide bonds. The average molecular weight is 484 g/mol. The van der Waals surface area contributed by atoms with Gasteiger partial charge in [0.05, 0.1) is 23.9 Å². The van der Waals surface area contributed by atoms with Crippen LogP contribution in [0, 0.1) is 0 Å². The van der Waals surface area contributed by atoms with Gasteiger partial charge in [-0.15, -0.1) is 0 Å². The first-order valence-corrected chi connectivity index (χ1v) is 10.3. The quantitative estimate of drug-likeness (QED) is 0.350. The number of carbonyl (C=O) groups is 4. The molecule has 0 aromatic heterocycles.